The van der Waals surface area contributed by atoms with Crippen molar-refractivity contribution in [2.75, 3.05) is 0 Å². The van der Waals surface area contributed by atoms with Gasteiger partial charge in [-0.25, -0.2) is 4.20 Å². The predicted octanol–water partition coefficient (Wildman–Crippen LogP) is -10.2. The van der Waals surface area contributed by atoms with E-state index in [1.165, 1.54) is 0 Å². The molecule has 0 fully saturated rings. The van der Waals surface area contributed by atoms with Crippen LogP contribution in [0.4, 0.5) is 4.20 Å². The Morgan fingerprint density at radius 3 is 1.25 bits per heavy atom. The molecule has 8 heteroatoms. The van der Waals surface area contributed by atoms with Crippen LogP contribution in [-0.4, -0.2) is 0 Å². The Morgan fingerprint density at radius 1 is 1.25 bits per heavy atom. The maximum atomic E-state index is 10.1. The molecule has 0 unspecified atom stereocenters. The minimum atomic E-state index is -5.64. The van der Waals surface area contributed by atoms with E-state index in [9.17, 15) is 4.20 Å². The maximum absolute atomic E-state index is 10.1. The van der Waals surface area contributed by atoms with Crippen molar-refractivity contribution < 1.29 is 82.4 Å². The van der Waals surface area contributed by atoms with Crippen molar-refractivity contribution in [3.8, 4) is 0 Å². The van der Waals surface area contributed by atoms with Gasteiger partial charge >= 0.3 is 59.1 Å². The van der Waals surface area contributed by atoms with E-state index in [2.05, 4.69) is 0 Å². The minimum Gasteiger partial charge on any atom is -1.00 e. The van der Waals surface area contributed by atoms with Crippen LogP contribution in [0.25, 0.3) is 0 Å². The van der Waals surface area contributed by atoms with Gasteiger partial charge in [-0.05, 0) is 0 Å². The summed E-state index contributed by atoms with van der Waals surface area (Å²) in [6.45, 7) is 0. The quantitative estimate of drug-likeness (QED) is 0.263. The summed E-state index contributed by atoms with van der Waals surface area (Å²) in [6.07, 6.45) is 0. The van der Waals surface area contributed by atoms with Gasteiger partial charge in [0.25, 0.3) is 0 Å². The van der Waals surface area contributed by atoms with Gasteiger partial charge < -0.3 is 19.1 Å². The third-order valence-electron chi connectivity index (χ3n) is 0. The van der Waals surface area contributed by atoms with Crippen molar-refractivity contribution >= 4 is 7.91 Å². The van der Waals surface area contributed by atoms with Gasteiger partial charge in [-0.1, -0.05) is 0 Å². The first-order valence-corrected chi connectivity index (χ1v) is 2.15. The predicted molar refractivity (Wildman–Crippen MR) is 8.71 cm³/mol. The molecule has 0 aromatic rings. The molecule has 0 saturated carbocycles. The molecule has 0 amide bonds. The summed E-state index contributed by atoms with van der Waals surface area (Å²) in [5.41, 5.74) is 0. The topological polar surface area (TPSA) is 63.2 Å². The van der Waals surface area contributed by atoms with Crippen LogP contribution in [0.3, 0.4) is 0 Å². The summed E-state index contributed by atoms with van der Waals surface area (Å²) >= 11 is 0. The summed E-state index contributed by atoms with van der Waals surface area (Å²) in [6, 6.07) is 0. The molecule has 0 aliphatic carbocycles. The zero-order valence-corrected chi connectivity index (χ0v) is 9.32. The number of rotatable bonds is 0. The Balaban J connectivity index is -0.0000000267. The minimum absolute atomic E-state index is 0. The zero-order valence-electron chi connectivity index (χ0n) is 4.43. The van der Waals surface area contributed by atoms with Crippen LogP contribution in [0.15, 0.2) is 0 Å². The van der Waals surface area contributed by atoms with Crippen LogP contribution in [-0.2, 0) is 4.57 Å². The average Bonchev–Trinajstić information content (AvgIpc) is 0.722. The van der Waals surface area contributed by atoms with E-state index < -0.39 is 7.91 Å². The van der Waals surface area contributed by atoms with E-state index in [1.807, 2.05) is 0 Å². The number of halogens is 2. The molecule has 0 spiro atoms. The van der Waals surface area contributed by atoms with E-state index in [0.717, 1.165) is 0 Å². The van der Waals surface area contributed by atoms with Crippen molar-refractivity contribution in [3.63, 3.8) is 0 Å². The third kappa shape index (κ3) is 97.4. The standard InChI is InChI=1S/FH2O3P.FH.2Na/c1-5(2,3)4;;;/h(H2,2,3,4);1H;;/q;;2*+1/p-3. The Bertz CT molecular complexity index is 61.4. The first-order chi connectivity index (χ1) is 2.00. The Kier molecular flexibility index (Phi) is 25.3. The Labute approximate surface area is 89.3 Å². The molecule has 0 bridgehead atoms. The van der Waals surface area contributed by atoms with Gasteiger partial charge in [0.2, 0.25) is 0 Å². The van der Waals surface area contributed by atoms with Gasteiger partial charge in [-0.15, -0.1) is 0 Å². The molecule has 0 rings (SSSR count). The average molecular weight is 163 g/mol. The number of hydrogen-bond donors (Lipinski definition) is 0. The summed E-state index contributed by atoms with van der Waals surface area (Å²) in [4.78, 5) is 16.9. The van der Waals surface area contributed by atoms with Crippen molar-refractivity contribution in [2.24, 2.45) is 0 Å². The molecule has 8 heavy (non-hydrogen) atoms. The maximum Gasteiger partial charge on any atom is 1.00 e. The molecule has 0 aromatic carbocycles. The van der Waals surface area contributed by atoms with Crippen LogP contribution >= 0.6 is 7.91 Å². The van der Waals surface area contributed by atoms with Crippen LogP contribution < -0.4 is 73.6 Å². The molecule has 0 aromatic heterocycles. The summed E-state index contributed by atoms with van der Waals surface area (Å²) < 4.78 is 18.6. The van der Waals surface area contributed by atoms with Crippen molar-refractivity contribution in [1.29, 1.82) is 0 Å². The SMILES string of the molecule is O=P([O-])([O-])F.[F-].[Na+].[Na+]. The molecule has 0 saturated heterocycles. The first kappa shape index (κ1) is 22.5. The van der Waals surface area contributed by atoms with E-state index in [1.54, 1.807) is 0 Å². The van der Waals surface area contributed by atoms with Crippen LogP contribution in [0.5, 0.6) is 0 Å². The molecule has 0 aliphatic rings. The first-order valence-electron chi connectivity index (χ1n) is 0.717. The second-order valence-corrected chi connectivity index (χ2v) is 1.29. The molecule has 40 valence electrons. The largest absolute Gasteiger partial charge is 1.00 e. The van der Waals surface area contributed by atoms with Crippen LogP contribution in [0.1, 0.15) is 0 Å². The fourth-order valence-electron chi connectivity index (χ4n) is 0. The molecule has 0 aliphatic heterocycles. The second kappa shape index (κ2) is 9.01. The smallest absolute Gasteiger partial charge is 1.00 e. The van der Waals surface area contributed by atoms with E-state index in [-0.39, 0.29) is 63.8 Å². The van der Waals surface area contributed by atoms with E-state index >= 15 is 0 Å². The molecule has 3 nitrogen and oxygen atoms in total. The molecule has 0 atom stereocenters. The van der Waals surface area contributed by atoms with Gasteiger partial charge in [0.05, 0.1) is 0 Å². The number of hydrogen-bond acceptors (Lipinski definition) is 3. The molecule has 0 radical (unpaired) electrons. The monoisotopic (exact) mass is 163 g/mol. The van der Waals surface area contributed by atoms with Gasteiger partial charge in [-0.3, -0.25) is 0 Å². The van der Waals surface area contributed by atoms with Gasteiger partial charge in [0.15, 0.2) is 0 Å². The normalized spacial score (nSPS) is 7.38. The summed E-state index contributed by atoms with van der Waals surface area (Å²) in [5.74, 6) is 0. The Morgan fingerprint density at radius 2 is 1.25 bits per heavy atom. The van der Waals surface area contributed by atoms with E-state index in [4.69, 9.17) is 14.4 Å². The van der Waals surface area contributed by atoms with Crippen molar-refractivity contribution in [3.05, 3.63) is 0 Å². The fourth-order valence-corrected chi connectivity index (χ4v) is 0. The molecule has 0 heterocycles. The van der Waals surface area contributed by atoms with Crippen molar-refractivity contribution in [2.45, 2.75) is 0 Å². The Hall–Kier alpha value is 2.01. The van der Waals surface area contributed by atoms with Crippen molar-refractivity contribution in [1.82, 2.24) is 0 Å². The van der Waals surface area contributed by atoms with Gasteiger partial charge in [0.1, 0.15) is 7.91 Å². The van der Waals surface area contributed by atoms with Gasteiger partial charge in [0, 0.05) is 0 Å². The zero-order chi connectivity index (χ0) is 4.50. The molecule has 0 N–H and O–H groups in total. The van der Waals surface area contributed by atoms with Crippen LogP contribution in [0.2, 0.25) is 0 Å². The van der Waals surface area contributed by atoms with E-state index in [0.29, 0.717) is 0 Å². The molecular weight excluding hydrogens is 163 g/mol. The molecular formula is F2Na2O3P-. The summed E-state index contributed by atoms with van der Waals surface area (Å²) in [5, 5.41) is 0. The third-order valence-corrected chi connectivity index (χ3v) is 0. The second-order valence-electron chi connectivity index (χ2n) is 0.431. The van der Waals surface area contributed by atoms with Gasteiger partial charge in [-0.2, -0.15) is 0 Å². The fraction of sp³-hybridized carbons (Fsp3) is 0. The summed E-state index contributed by atoms with van der Waals surface area (Å²) in [7, 11) is -5.64. The van der Waals surface area contributed by atoms with Crippen LogP contribution in [0, 0.1) is 0 Å².